The number of carbonyl (C=O) groups excluding carboxylic acids is 2. The van der Waals surface area contributed by atoms with Crippen LogP contribution < -0.4 is 5.32 Å². The highest BCUT2D eigenvalue weighted by Crippen LogP contribution is 2.34. The summed E-state index contributed by atoms with van der Waals surface area (Å²) in [5.74, 6) is 0.261. The first-order chi connectivity index (χ1) is 16.6. The maximum absolute atomic E-state index is 13.5. The number of ether oxygens (including phenoxy) is 1. The van der Waals surface area contributed by atoms with Crippen molar-refractivity contribution < 1.29 is 14.3 Å². The van der Waals surface area contributed by atoms with Crippen LogP contribution in [0.5, 0.6) is 0 Å². The van der Waals surface area contributed by atoms with E-state index in [1.54, 1.807) is 6.08 Å². The number of amides is 2. The van der Waals surface area contributed by atoms with Gasteiger partial charge in [-0.2, -0.15) is 0 Å². The zero-order chi connectivity index (χ0) is 23.5. The molecular weight excluding hydrogens is 448 g/mol. The minimum Gasteiger partial charge on any atom is -0.482 e. The Labute approximate surface area is 206 Å². The van der Waals surface area contributed by atoms with Crippen molar-refractivity contribution in [1.82, 2.24) is 10.2 Å². The Morgan fingerprint density at radius 1 is 0.971 bits per heavy atom. The van der Waals surface area contributed by atoms with Gasteiger partial charge in [0.25, 0.3) is 11.8 Å². The number of hydrogen-bond acceptors (Lipinski definition) is 3. The zero-order valence-electron chi connectivity index (χ0n) is 19.3. The van der Waals surface area contributed by atoms with Crippen LogP contribution in [0.1, 0.15) is 72.9 Å². The molecule has 3 aliphatic rings. The number of halogens is 1. The molecule has 6 heteroatoms. The SMILES string of the molecule is O=C(NC1CCCC1)c1ccc(/C=C2\OC3CCCCC3N(Cc3ccc(Cl)cc3)C2=O)cc1. The lowest BCUT2D eigenvalue weighted by Crippen LogP contribution is -2.54. The van der Waals surface area contributed by atoms with Gasteiger partial charge in [-0.1, -0.05) is 55.1 Å². The average molecular weight is 479 g/mol. The first kappa shape index (κ1) is 23.0. The fourth-order valence-electron chi connectivity index (χ4n) is 5.37. The van der Waals surface area contributed by atoms with Crippen LogP contribution in [0.2, 0.25) is 5.02 Å². The summed E-state index contributed by atoms with van der Waals surface area (Å²) >= 11 is 6.05. The first-order valence-electron chi connectivity index (χ1n) is 12.4. The minimum absolute atomic E-state index is 0.0152. The van der Waals surface area contributed by atoms with E-state index >= 15 is 0 Å². The average Bonchev–Trinajstić information content (AvgIpc) is 3.36. The van der Waals surface area contributed by atoms with E-state index in [4.69, 9.17) is 16.3 Å². The summed E-state index contributed by atoms with van der Waals surface area (Å²) in [6.45, 7) is 0.540. The zero-order valence-corrected chi connectivity index (χ0v) is 20.1. The van der Waals surface area contributed by atoms with E-state index in [-0.39, 0.29) is 30.0 Å². The summed E-state index contributed by atoms with van der Waals surface area (Å²) in [6, 6.07) is 15.4. The minimum atomic E-state index is -0.0823. The largest absolute Gasteiger partial charge is 0.482 e. The Kier molecular flexibility index (Phi) is 6.91. The maximum atomic E-state index is 13.5. The molecule has 2 aliphatic carbocycles. The van der Waals surface area contributed by atoms with Crippen LogP contribution >= 0.6 is 11.6 Å². The number of nitrogens with zero attached hydrogens (tertiary/aromatic N) is 1. The fourth-order valence-corrected chi connectivity index (χ4v) is 5.50. The molecule has 3 fully saturated rings. The van der Waals surface area contributed by atoms with Gasteiger partial charge in [-0.15, -0.1) is 0 Å². The van der Waals surface area contributed by atoms with Crippen molar-refractivity contribution in [1.29, 1.82) is 0 Å². The predicted octanol–water partition coefficient (Wildman–Crippen LogP) is 5.72. The molecule has 2 saturated carbocycles. The molecule has 0 spiro atoms. The number of hydrogen-bond donors (Lipinski definition) is 1. The monoisotopic (exact) mass is 478 g/mol. The molecule has 2 unspecified atom stereocenters. The normalized spacial score (nSPS) is 24.1. The number of nitrogens with one attached hydrogen (secondary N) is 1. The molecule has 2 aromatic rings. The number of carbonyl (C=O) groups is 2. The molecule has 1 saturated heterocycles. The van der Waals surface area contributed by atoms with Crippen LogP contribution in [0.3, 0.4) is 0 Å². The highest BCUT2D eigenvalue weighted by Gasteiger charge is 2.41. The fraction of sp³-hybridized carbons (Fsp3) is 0.429. The maximum Gasteiger partial charge on any atom is 0.289 e. The third kappa shape index (κ3) is 5.15. The number of fused-ring (bicyclic) bond motifs is 1. The lowest BCUT2D eigenvalue weighted by Gasteiger charge is -2.44. The van der Waals surface area contributed by atoms with Gasteiger partial charge in [0.1, 0.15) is 6.10 Å². The van der Waals surface area contributed by atoms with Crippen molar-refractivity contribution in [2.24, 2.45) is 0 Å². The number of rotatable bonds is 5. The van der Waals surface area contributed by atoms with Crippen LogP contribution in [-0.2, 0) is 16.1 Å². The van der Waals surface area contributed by atoms with Gasteiger partial charge < -0.3 is 15.0 Å². The van der Waals surface area contributed by atoms with E-state index in [0.29, 0.717) is 22.9 Å². The molecule has 1 heterocycles. The number of benzene rings is 2. The molecule has 5 nitrogen and oxygen atoms in total. The lowest BCUT2D eigenvalue weighted by molar-refractivity contribution is -0.149. The van der Waals surface area contributed by atoms with E-state index < -0.39 is 0 Å². The Balaban J connectivity index is 1.33. The summed E-state index contributed by atoms with van der Waals surface area (Å²) in [4.78, 5) is 28.0. The number of morpholine rings is 1. The molecule has 0 radical (unpaired) electrons. The van der Waals surface area contributed by atoms with Gasteiger partial charge in [-0.25, -0.2) is 0 Å². The molecule has 34 heavy (non-hydrogen) atoms. The highest BCUT2D eigenvalue weighted by molar-refractivity contribution is 6.30. The molecule has 2 atom stereocenters. The van der Waals surface area contributed by atoms with Crippen LogP contribution in [0, 0.1) is 0 Å². The van der Waals surface area contributed by atoms with E-state index in [0.717, 1.165) is 49.7 Å². The summed E-state index contributed by atoms with van der Waals surface area (Å²) in [5.41, 5.74) is 2.55. The third-order valence-corrected chi connectivity index (χ3v) is 7.50. The first-order valence-corrected chi connectivity index (χ1v) is 12.8. The lowest BCUT2D eigenvalue weighted by atomic mass is 9.89. The second-order valence-electron chi connectivity index (χ2n) is 9.65. The van der Waals surface area contributed by atoms with Crippen molar-refractivity contribution in [2.75, 3.05) is 0 Å². The molecule has 0 aromatic heterocycles. The molecule has 5 rings (SSSR count). The molecule has 1 N–H and O–H groups in total. The Hall–Kier alpha value is -2.79. The molecular formula is C28H31ClN2O3. The molecule has 1 aliphatic heterocycles. The van der Waals surface area contributed by atoms with Gasteiger partial charge >= 0.3 is 0 Å². The van der Waals surface area contributed by atoms with Crippen molar-refractivity contribution in [3.63, 3.8) is 0 Å². The second kappa shape index (κ2) is 10.2. The van der Waals surface area contributed by atoms with E-state index in [1.807, 2.05) is 53.4 Å². The highest BCUT2D eigenvalue weighted by atomic mass is 35.5. The van der Waals surface area contributed by atoms with Crippen molar-refractivity contribution in [3.05, 3.63) is 76.0 Å². The van der Waals surface area contributed by atoms with Crippen LogP contribution in [0.4, 0.5) is 0 Å². The van der Waals surface area contributed by atoms with Crippen LogP contribution in [0.25, 0.3) is 6.08 Å². The summed E-state index contributed by atoms with van der Waals surface area (Å²) in [5, 5.41) is 3.81. The van der Waals surface area contributed by atoms with Gasteiger partial charge in [0.05, 0.1) is 6.04 Å². The van der Waals surface area contributed by atoms with Crippen LogP contribution in [0.15, 0.2) is 54.3 Å². The summed E-state index contributed by atoms with van der Waals surface area (Å²) in [6.07, 6.45) is 10.4. The van der Waals surface area contributed by atoms with Gasteiger partial charge in [-0.3, -0.25) is 9.59 Å². The van der Waals surface area contributed by atoms with Gasteiger partial charge in [-0.05, 0) is 73.6 Å². The molecule has 2 amide bonds. The van der Waals surface area contributed by atoms with Gasteiger partial charge in [0.15, 0.2) is 5.76 Å². The Morgan fingerprint density at radius 3 is 2.38 bits per heavy atom. The smallest absolute Gasteiger partial charge is 0.289 e. The van der Waals surface area contributed by atoms with E-state index in [1.165, 1.54) is 12.8 Å². The topological polar surface area (TPSA) is 58.6 Å². The predicted molar refractivity (Wildman–Crippen MR) is 133 cm³/mol. The second-order valence-corrected chi connectivity index (χ2v) is 10.1. The van der Waals surface area contributed by atoms with Crippen molar-refractivity contribution in [2.45, 2.75) is 76.1 Å². The Bertz CT molecular complexity index is 1060. The molecule has 0 bridgehead atoms. The molecule has 2 aromatic carbocycles. The van der Waals surface area contributed by atoms with E-state index in [9.17, 15) is 9.59 Å². The van der Waals surface area contributed by atoms with Gasteiger partial charge in [0.2, 0.25) is 0 Å². The van der Waals surface area contributed by atoms with Crippen molar-refractivity contribution in [3.8, 4) is 0 Å². The van der Waals surface area contributed by atoms with Crippen LogP contribution in [-0.4, -0.2) is 34.9 Å². The standard InChI is InChI=1S/C28H31ClN2O3/c29-22-15-11-20(12-16-22)18-31-24-7-3-4-8-25(24)34-26(28(31)33)17-19-9-13-21(14-10-19)27(32)30-23-5-1-2-6-23/h9-17,23-25H,1-8,18H2,(H,30,32)/b26-17-. The Morgan fingerprint density at radius 2 is 1.65 bits per heavy atom. The van der Waals surface area contributed by atoms with Crippen molar-refractivity contribution >= 4 is 29.5 Å². The summed E-state index contributed by atoms with van der Waals surface area (Å²) < 4.78 is 6.23. The third-order valence-electron chi connectivity index (χ3n) is 7.25. The summed E-state index contributed by atoms with van der Waals surface area (Å²) in [7, 11) is 0. The van der Waals surface area contributed by atoms with E-state index in [2.05, 4.69) is 5.32 Å². The molecule has 178 valence electrons. The quantitative estimate of drug-likeness (QED) is 0.559. The van der Waals surface area contributed by atoms with Gasteiger partial charge in [0, 0.05) is 23.2 Å².